The van der Waals surface area contributed by atoms with E-state index in [0.29, 0.717) is 0 Å². The van der Waals surface area contributed by atoms with Gasteiger partial charge in [-0.05, 0) is 36.4 Å². The Morgan fingerprint density at radius 1 is 0.810 bits per heavy atom. The van der Waals surface area contributed by atoms with E-state index < -0.39 is 0 Å². The van der Waals surface area contributed by atoms with Crippen molar-refractivity contribution in [3.63, 3.8) is 0 Å². The fraction of sp³-hybridized carbons (Fsp3) is 0.250. The SMILES string of the molecule is CN(C)c1ccc2c(c1)Sc1cc(N(C)C)ccc1N2N. The van der Waals surface area contributed by atoms with Gasteiger partial charge in [0.05, 0.1) is 11.4 Å². The first-order chi connectivity index (χ1) is 9.97. The third kappa shape index (κ3) is 2.43. The molecule has 3 rings (SSSR count). The van der Waals surface area contributed by atoms with E-state index in [1.165, 1.54) is 21.2 Å². The zero-order chi connectivity index (χ0) is 15.1. The zero-order valence-corrected chi connectivity index (χ0v) is 13.6. The summed E-state index contributed by atoms with van der Waals surface area (Å²) in [4.78, 5) is 6.58. The molecule has 110 valence electrons. The molecule has 0 bridgehead atoms. The maximum absolute atomic E-state index is 6.30. The second-order valence-electron chi connectivity index (χ2n) is 5.56. The molecule has 2 aromatic carbocycles. The molecule has 0 radical (unpaired) electrons. The van der Waals surface area contributed by atoms with Crippen molar-refractivity contribution in [1.82, 2.24) is 0 Å². The third-order valence-electron chi connectivity index (χ3n) is 3.66. The Bertz CT molecular complexity index is 624. The third-order valence-corrected chi connectivity index (χ3v) is 4.75. The van der Waals surface area contributed by atoms with Gasteiger partial charge in [0.2, 0.25) is 0 Å². The van der Waals surface area contributed by atoms with Crippen LogP contribution in [0, 0.1) is 0 Å². The highest BCUT2D eigenvalue weighted by Crippen LogP contribution is 2.48. The van der Waals surface area contributed by atoms with Gasteiger partial charge < -0.3 is 9.80 Å². The maximum atomic E-state index is 6.30. The number of fused-ring (bicyclic) bond motifs is 2. The number of hydrazine groups is 1. The number of benzene rings is 2. The van der Waals surface area contributed by atoms with Crippen molar-refractivity contribution in [2.45, 2.75) is 9.79 Å². The van der Waals surface area contributed by atoms with E-state index in [0.717, 1.165) is 11.4 Å². The molecule has 4 nitrogen and oxygen atoms in total. The Hall–Kier alpha value is -1.85. The largest absolute Gasteiger partial charge is 0.378 e. The maximum Gasteiger partial charge on any atom is 0.0716 e. The van der Waals surface area contributed by atoms with Gasteiger partial charge in [-0.25, -0.2) is 5.84 Å². The molecule has 1 aliphatic heterocycles. The smallest absolute Gasteiger partial charge is 0.0716 e. The first kappa shape index (κ1) is 14.1. The number of nitrogens with zero attached hydrogens (tertiary/aromatic N) is 3. The Kier molecular flexibility index (Phi) is 3.47. The number of hydrogen-bond donors (Lipinski definition) is 1. The zero-order valence-electron chi connectivity index (χ0n) is 12.8. The molecule has 0 fully saturated rings. The summed E-state index contributed by atoms with van der Waals surface area (Å²) in [5.41, 5.74) is 4.47. The summed E-state index contributed by atoms with van der Waals surface area (Å²) in [5, 5.41) is 1.78. The molecular weight excluding hydrogens is 280 g/mol. The first-order valence-electron chi connectivity index (χ1n) is 6.83. The van der Waals surface area contributed by atoms with Crippen LogP contribution in [0.2, 0.25) is 0 Å². The molecule has 0 spiro atoms. The lowest BCUT2D eigenvalue weighted by Crippen LogP contribution is -2.28. The molecule has 0 amide bonds. The molecule has 0 atom stereocenters. The van der Waals surface area contributed by atoms with Gasteiger partial charge in [0.25, 0.3) is 0 Å². The van der Waals surface area contributed by atoms with E-state index in [1.54, 1.807) is 16.8 Å². The van der Waals surface area contributed by atoms with Crippen molar-refractivity contribution < 1.29 is 0 Å². The fourth-order valence-electron chi connectivity index (χ4n) is 2.37. The molecule has 21 heavy (non-hydrogen) atoms. The lowest BCUT2D eigenvalue weighted by atomic mass is 10.2. The molecule has 0 saturated carbocycles. The van der Waals surface area contributed by atoms with Gasteiger partial charge in [-0.2, -0.15) is 0 Å². The van der Waals surface area contributed by atoms with Crippen LogP contribution in [0.25, 0.3) is 0 Å². The summed E-state index contributed by atoms with van der Waals surface area (Å²) in [5.74, 6) is 6.30. The molecule has 0 saturated heterocycles. The van der Waals surface area contributed by atoms with Gasteiger partial charge in [-0.15, -0.1) is 0 Å². The van der Waals surface area contributed by atoms with Gasteiger partial charge in [0, 0.05) is 49.4 Å². The number of hydrogen-bond acceptors (Lipinski definition) is 5. The second-order valence-corrected chi connectivity index (χ2v) is 6.65. The standard InChI is InChI=1S/C16H20N4S/c1-18(2)11-5-7-13-15(9-11)21-16-10-12(19(3)4)6-8-14(16)20(13)17/h5-10H,17H2,1-4H3. The van der Waals surface area contributed by atoms with Gasteiger partial charge in [-0.1, -0.05) is 11.8 Å². The van der Waals surface area contributed by atoms with Crippen LogP contribution in [0.15, 0.2) is 46.2 Å². The Labute approximate surface area is 130 Å². The number of rotatable bonds is 2. The van der Waals surface area contributed by atoms with Gasteiger partial charge in [0.1, 0.15) is 0 Å². The Morgan fingerprint density at radius 2 is 1.24 bits per heavy atom. The van der Waals surface area contributed by atoms with Crippen molar-refractivity contribution in [2.24, 2.45) is 5.84 Å². The predicted octanol–water partition coefficient (Wildman–Crippen LogP) is 3.30. The van der Waals surface area contributed by atoms with Crippen LogP contribution in [-0.2, 0) is 0 Å². The minimum Gasteiger partial charge on any atom is -0.378 e. The van der Waals surface area contributed by atoms with E-state index in [1.807, 2.05) is 28.2 Å². The topological polar surface area (TPSA) is 35.7 Å². The van der Waals surface area contributed by atoms with Crippen molar-refractivity contribution >= 4 is 34.5 Å². The van der Waals surface area contributed by atoms with Gasteiger partial charge in [-0.3, -0.25) is 5.01 Å². The molecular formula is C16H20N4S. The molecule has 1 aliphatic rings. The number of nitrogens with two attached hydrogens (primary N) is 1. The summed E-state index contributed by atoms with van der Waals surface area (Å²) < 4.78 is 0. The van der Waals surface area contributed by atoms with Crippen LogP contribution >= 0.6 is 11.8 Å². The van der Waals surface area contributed by atoms with Crippen molar-refractivity contribution in [3.8, 4) is 0 Å². The molecule has 1 heterocycles. The fourth-order valence-corrected chi connectivity index (χ4v) is 3.51. The van der Waals surface area contributed by atoms with Crippen molar-refractivity contribution in [1.29, 1.82) is 0 Å². The van der Waals surface area contributed by atoms with E-state index in [-0.39, 0.29) is 0 Å². The molecule has 0 aliphatic carbocycles. The summed E-state index contributed by atoms with van der Waals surface area (Å²) in [7, 11) is 8.20. The highest BCUT2D eigenvalue weighted by molar-refractivity contribution is 7.99. The van der Waals surface area contributed by atoms with Crippen LogP contribution < -0.4 is 20.7 Å². The highest BCUT2D eigenvalue weighted by atomic mass is 32.2. The molecule has 2 aromatic rings. The average Bonchev–Trinajstić information content (AvgIpc) is 2.46. The molecule has 5 heteroatoms. The van der Waals surface area contributed by atoms with Crippen LogP contribution in [0.5, 0.6) is 0 Å². The van der Waals surface area contributed by atoms with Crippen molar-refractivity contribution in [2.75, 3.05) is 43.0 Å². The summed E-state index contributed by atoms with van der Waals surface area (Å²) in [6.07, 6.45) is 0. The predicted molar refractivity (Wildman–Crippen MR) is 92.0 cm³/mol. The van der Waals surface area contributed by atoms with Crippen LogP contribution in [0.4, 0.5) is 22.7 Å². The Morgan fingerprint density at radius 3 is 1.62 bits per heavy atom. The first-order valence-corrected chi connectivity index (χ1v) is 7.64. The Balaban J connectivity index is 2.06. The number of anilines is 4. The lowest BCUT2D eigenvalue weighted by molar-refractivity contribution is 1.01. The summed E-state index contributed by atoms with van der Waals surface area (Å²) in [6.45, 7) is 0. The minimum atomic E-state index is 1.05. The van der Waals surface area contributed by atoms with Crippen molar-refractivity contribution in [3.05, 3.63) is 36.4 Å². The van der Waals surface area contributed by atoms with Crippen LogP contribution in [-0.4, -0.2) is 28.2 Å². The molecule has 0 aromatic heterocycles. The monoisotopic (exact) mass is 300 g/mol. The van der Waals surface area contributed by atoms with Gasteiger partial charge in [0.15, 0.2) is 0 Å². The quantitative estimate of drug-likeness (QED) is 0.861. The lowest BCUT2D eigenvalue weighted by Gasteiger charge is -2.30. The van der Waals surface area contributed by atoms with Gasteiger partial charge >= 0.3 is 0 Å². The summed E-state index contributed by atoms with van der Waals surface area (Å²) >= 11 is 1.77. The minimum absolute atomic E-state index is 1.05. The summed E-state index contributed by atoms with van der Waals surface area (Å²) in [6, 6.07) is 12.7. The van der Waals surface area contributed by atoms with Crippen LogP contribution in [0.3, 0.4) is 0 Å². The second kappa shape index (κ2) is 5.16. The molecule has 0 unspecified atom stereocenters. The van der Waals surface area contributed by atoms with E-state index in [9.17, 15) is 0 Å². The molecule has 2 N–H and O–H groups in total. The van der Waals surface area contributed by atoms with Crippen LogP contribution in [0.1, 0.15) is 0 Å². The van der Waals surface area contributed by atoms with E-state index in [4.69, 9.17) is 5.84 Å². The van der Waals surface area contributed by atoms with E-state index in [2.05, 4.69) is 46.2 Å². The normalized spacial score (nSPS) is 12.7. The van der Waals surface area contributed by atoms with E-state index >= 15 is 0 Å². The highest BCUT2D eigenvalue weighted by Gasteiger charge is 2.22. The average molecular weight is 300 g/mol.